The Morgan fingerprint density at radius 2 is 1.69 bits per heavy atom. The third kappa shape index (κ3) is 9.21. The fourth-order valence-electron chi connectivity index (χ4n) is 3.77. The first-order valence-electron chi connectivity index (χ1n) is 12.5. The molecular weight excluding hydrogens is 460 g/mol. The Labute approximate surface area is 215 Å². The minimum atomic E-state index is -0.733. The van der Waals surface area contributed by atoms with Gasteiger partial charge < -0.3 is 16.0 Å². The van der Waals surface area contributed by atoms with E-state index in [-0.39, 0.29) is 23.6 Å². The Kier molecular flexibility index (Phi) is 12.0. The van der Waals surface area contributed by atoms with E-state index in [2.05, 4.69) is 47.9 Å². The number of anilines is 1. The van der Waals surface area contributed by atoms with Crippen LogP contribution in [0.2, 0.25) is 0 Å². The second-order valence-corrected chi connectivity index (χ2v) is 10.3. The summed E-state index contributed by atoms with van der Waals surface area (Å²) in [5.41, 5.74) is 6.93. The molecule has 1 aliphatic heterocycles. The average Bonchev–Trinajstić information content (AvgIpc) is 2.84. The van der Waals surface area contributed by atoms with Crippen LogP contribution >= 0.6 is 0 Å². The number of carbonyl (C=O) groups is 1. The summed E-state index contributed by atoms with van der Waals surface area (Å²) in [6.07, 6.45) is 5.93. The van der Waals surface area contributed by atoms with Crippen molar-refractivity contribution >= 4 is 11.7 Å². The summed E-state index contributed by atoms with van der Waals surface area (Å²) in [4.78, 5) is 22.6. The van der Waals surface area contributed by atoms with Crippen LogP contribution in [0.25, 0.3) is 0 Å². The molecule has 1 aliphatic rings. The predicted octanol–water partition coefficient (Wildman–Crippen LogP) is 6.10. The van der Waals surface area contributed by atoms with Gasteiger partial charge in [-0.1, -0.05) is 47.6 Å². The van der Waals surface area contributed by atoms with Gasteiger partial charge in [-0.25, -0.2) is 18.7 Å². The number of halogens is 2. The number of piperidine rings is 1. The summed E-state index contributed by atoms with van der Waals surface area (Å²) in [5, 5.41) is 2.81. The minimum Gasteiger partial charge on any atom is -0.382 e. The molecule has 8 heteroatoms. The minimum absolute atomic E-state index is 0.0181. The van der Waals surface area contributed by atoms with E-state index in [1.165, 1.54) is 18.5 Å². The lowest BCUT2D eigenvalue weighted by Crippen LogP contribution is -2.49. The molecular formula is C28H43F2N5O. The Balaban J connectivity index is 0.000000826. The number of amides is 1. The molecule has 3 N–H and O–H groups in total. The van der Waals surface area contributed by atoms with Gasteiger partial charge in [-0.3, -0.25) is 4.79 Å². The summed E-state index contributed by atoms with van der Waals surface area (Å²) in [6, 6.07) is 3.47. The number of hydrogen-bond acceptors (Lipinski definition) is 5. The molecule has 0 saturated carbocycles. The Bertz CT molecular complexity index is 1000. The van der Waals surface area contributed by atoms with E-state index in [9.17, 15) is 13.6 Å². The zero-order chi connectivity index (χ0) is 27.5. The van der Waals surface area contributed by atoms with Crippen LogP contribution in [0.15, 0.2) is 42.4 Å². The Hall–Kier alpha value is -3.03. The van der Waals surface area contributed by atoms with Gasteiger partial charge in [-0.2, -0.15) is 0 Å². The lowest BCUT2D eigenvalue weighted by Gasteiger charge is -2.43. The summed E-state index contributed by atoms with van der Waals surface area (Å²) in [5.74, 6) is -1.44. The zero-order valence-electron chi connectivity index (χ0n) is 23.1. The van der Waals surface area contributed by atoms with Crippen molar-refractivity contribution in [1.29, 1.82) is 0 Å². The van der Waals surface area contributed by atoms with Crippen molar-refractivity contribution in [2.75, 3.05) is 25.4 Å². The van der Waals surface area contributed by atoms with E-state index in [1.807, 2.05) is 33.8 Å². The van der Waals surface area contributed by atoms with Crippen LogP contribution in [0.3, 0.4) is 0 Å². The van der Waals surface area contributed by atoms with Crippen LogP contribution in [-0.4, -0.2) is 40.4 Å². The third-order valence-electron chi connectivity index (χ3n) is 5.67. The van der Waals surface area contributed by atoms with Crippen LogP contribution in [0.1, 0.15) is 84.3 Å². The van der Waals surface area contributed by atoms with E-state index < -0.39 is 23.0 Å². The zero-order valence-corrected chi connectivity index (χ0v) is 23.1. The molecule has 6 nitrogen and oxygen atoms in total. The normalized spacial score (nSPS) is 15.2. The summed E-state index contributed by atoms with van der Waals surface area (Å²) < 4.78 is 28.6. The van der Waals surface area contributed by atoms with Crippen LogP contribution < -0.4 is 11.1 Å². The maximum absolute atomic E-state index is 14.7. The van der Waals surface area contributed by atoms with Crippen molar-refractivity contribution in [3.63, 3.8) is 0 Å². The summed E-state index contributed by atoms with van der Waals surface area (Å²) in [6.45, 7) is 18.2. The molecule has 1 aromatic carbocycles. The van der Waals surface area contributed by atoms with Crippen LogP contribution in [0, 0.1) is 17.0 Å². The van der Waals surface area contributed by atoms with E-state index in [0.29, 0.717) is 31.3 Å². The lowest BCUT2D eigenvalue weighted by molar-refractivity contribution is 0.0923. The summed E-state index contributed by atoms with van der Waals surface area (Å²) >= 11 is 0. The number of benzene rings is 1. The van der Waals surface area contributed by atoms with Crippen molar-refractivity contribution in [1.82, 2.24) is 20.2 Å². The number of nitrogens with two attached hydrogens (primary N) is 1. The van der Waals surface area contributed by atoms with Gasteiger partial charge >= 0.3 is 0 Å². The standard InChI is InChI=1S/C21H25F2N5O.C5H12.C2H6/c1-3-14(2)28-10-6-21(7-11-28,16-12-15(22)4-5-17(16)23)13-27-20(29)18-19(24)26-9-8-25-18;1-5(2,3)4;1-2/h3-5,8-9,12H,6-7,10-11,13H2,1-2H3,(H2,24,26)(H,27,29);1-4H3;1-2H3/b14-3-;;. The smallest absolute Gasteiger partial charge is 0.273 e. The van der Waals surface area contributed by atoms with E-state index in [1.54, 1.807) is 0 Å². The molecule has 1 fully saturated rings. The van der Waals surface area contributed by atoms with E-state index in [4.69, 9.17) is 5.73 Å². The molecule has 3 rings (SSSR count). The summed E-state index contributed by atoms with van der Waals surface area (Å²) in [7, 11) is 0. The van der Waals surface area contributed by atoms with Crippen molar-refractivity contribution in [2.24, 2.45) is 5.41 Å². The largest absolute Gasteiger partial charge is 0.382 e. The van der Waals surface area contributed by atoms with Crippen molar-refractivity contribution in [3.05, 3.63) is 65.3 Å². The molecule has 0 spiro atoms. The van der Waals surface area contributed by atoms with Gasteiger partial charge in [0.15, 0.2) is 11.5 Å². The highest BCUT2D eigenvalue weighted by Gasteiger charge is 2.39. The number of likely N-dealkylation sites (tertiary alicyclic amines) is 1. The lowest BCUT2D eigenvalue weighted by atomic mass is 9.72. The molecule has 0 atom stereocenters. The first kappa shape index (κ1) is 31.0. The molecule has 2 heterocycles. The first-order chi connectivity index (χ1) is 16.9. The molecule has 0 unspecified atom stereocenters. The Morgan fingerprint density at radius 3 is 2.22 bits per heavy atom. The molecule has 0 aliphatic carbocycles. The van der Waals surface area contributed by atoms with Gasteiger partial charge in [-0.15, -0.1) is 0 Å². The molecule has 200 valence electrons. The highest BCUT2D eigenvalue weighted by Crippen LogP contribution is 2.38. The molecule has 1 amide bonds. The Morgan fingerprint density at radius 1 is 1.14 bits per heavy atom. The molecule has 0 bridgehead atoms. The number of aromatic nitrogens is 2. The molecule has 36 heavy (non-hydrogen) atoms. The second kappa shape index (κ2) is 13.9. The van der Waals surface area contributed by atoms with Crippen molar-refractivity contribution < 1.29 is 13.6 Å². The second-order valence-electron chi connectivity index (χ2n) is 10.3. The molecule has 2 aromatic rings. The molecule has 0 radical (unpaired) electrons. The number of rotatable bonds is 5. The monoisotopic (exact) mass is 503 g/mol. The van der Waals surface area contributed by atoms with Crippen LogP contribution in [-0.2, 0) is 5.41 Å². The highest BCUT2D eigenvalue weighted by atomic mass is 19.1. The number of nitrogen functional groups attached to an aromatic ring is 1. The van der Waals surface area contributed by atoms with E-state index >= 15 is 0 Å². The van der Waals surface area contributed by atoms with Crippen molar-refractivity contribution in [2.45, 2.75) is 73.6 Å². The van der Waals surface area contributed by atoms with Gasteiger partial charge in [0.05, 0.1) is 0 Å². The van der Waals surface area contributed by atoms with Gasteiger partial charge in [0.1, 0.15) is 11.6 Å². The maximum Gasteiger partial charge on any atom is 0.273 e. The fourth-order valence-corrected chi connectivity index (χ4v) is 3.77. The highest BCUT2D eigenvalue weighted by molar-refractivity contribution is 5.96. The number of nitrogens with zero attached hydrogens (tertiary/aromatic N) is 3. The number of nitrogens with one attached hydrogen (secondary N) is 1. The SMILES string of the molecule is C/C=C(/C)N1CCC(CNC(=O)c2nccnc2N)(c2cc(F)ccc2F)CC1.CC.CC(C)(C)C. The van der Waals surface area contributed by atoms with Gasteiger partial charge in [0.25, 0.3) is 5.91 Å². The fraction of sp³-hybridized carbons (Fsp3) is 0.536. The van der Waals surface area contributed by atoms with Gasteiger partial charge in [-0.05, 0) is 55.9 Å². The molecule has 1 aromatic heterocycles. The van der Waals surface area contributed by atoms with Crippen LogP contribution in [0.5, 0.6) is 0 Å². The maximum atomic E-state index is 14.7. The number of allylic oxidation sites excluding steroid dienone is 2. The average molecular weight is 504 g/mol. The topological polar surface area (TPSA) is 84.1 Å². The number of hydrogen-bond donors (Lipinski definition) is 2. The number of carbonyl (C=O) groups excluding carboxylic acids is 1. The van der Waals surface area contributed by atoms with Gasteiger partial charge in [0, 0.05) is 43.1 Å². The first-order valence-corrected chi connectivity index (χ1v) is 12.5. The van der Waals surface area contributed by atoms with E-state index in [0.717, 1.165) is 17.8 Å². The molecule has 1 saturated heterocycles. The van der Waals surface area contributed by atoms with Gasteiger partial charge in [0.2, 0.25) is 0 Å². The third-order valence-corrected chi connectivity index (χ3v) is 5.67. The quantitative estimate of drug-likeness (QED) is 0.515. The predicted molar refractivity (Wildman–Crippen MR) is 144 cm³/mol. The van der Waals surface area contributed by atoms with Crippen LogP contribution in [0.4, 0.5) is 14.6 Å². The van der Waals surface area contributed by atoms with Crippen molar-refractivity contribution in [3.8, 4) is 0 Å².